The summed E-state index contributed by atoms with van der Waals surface area (Å²) in [6, 6.07) is 6.95. The smallest absolute Gasteiger partial charge is 0.308 e. The number of rotatable bonds is 5. The van der Waals surface area contributed by atoms with Crippen molar-refractivity contribution in [3.8, 4) is 0 Å². The summed E-state index contributed by atoms with van der Waals surface area (Å²) in [4.78, 5) is 38.7. The zero-order chi connectivity index (χ0) is 17.8. The first kappa shape index (κ1) is 17.4. The summed E-state index contributed by atoms with van der Waals surface area (Å²) in [5.74, 6) is -1.83. The van der Waals surface area contributed by atoms with Gasteiger partial charge in [0.2, 0.25) is 11.8 Å². The Morgan fingerprint density at radius 3 is 2.40 bits per heavy atom. The summed E-state index contributed by atoms with van der Waals surface area (Å²) in [5, 5.41) is 11.9. The maximum absolute atomic E-state index is 12.1. The fraction of sp³-hybridized carbons (Fsp3) is 0.500. The fourth-order valence-corrected chi connectivity index (χ4v) is 3.37. The van der Waals surface area contributed by atoms with Gasteiger partial charge in [0.25, 0.3) is 0 Å². The zero-order valence-corrected chi connectivity index (χ0v) is 14.1. The largest absolute Gasteiger partial charge is 0.481 e. The van der Waals surface area contributed by atoms with E-state index < -0.39 is 11.9 Å². The Labute approximate surface area is 146 Å². The number of piperidine rings is 1. The molecular formula is C18H23N3O4. The number of carbonyl (C=O) groups excluding carboxylic acids is 2. The highest BCUT2D eigenvalue weighted by Gasteiger charge is 2.34. The Hall–Kier alpha value is -2.41. The number of likely N-dealkylation sites (tertiary alicyclic amines) is 1. The van der Waals surface area contributed by atoms with Crippen molar-refractivity contribution in [3.05, 3.63) is 24.3 Å². The minimum atomic E-state index is -0.947. The SMILES string of the molecule is O=C(CN1CCCCC1)Nc1ccc(N2C[C@H](C(=O)O)CC2=O)cc1. The number of benzene rings is 1. The summed E-state index contributed by atoms with van der Waals surface area (Å²) in [5.41, 5.74) is 1.33. The second-order valence-electron chi connectivity index (χ2n) is 6.68. The molecule has 2 aliphatic heterocycles. The number of anilines is 2. The van der Waals surface area contributed by atoms with Gasteiger partial charge in [-0.3, -0.25) is 19.3 Å². The van der Waals surface area contributed by atoms with Crippen LogP contribution in [0.2, 0.25) is 0 Å². The second kappa shape index (κ2) is 7.65. The molecule has 0 aromatic heterocycles. The third kappa shape index (κ3) is 4.36. The van der Waals surface area contributed by atoms with Gasteiger partial charge in [-0.15, -0.1) is 0 Å². The van der Waals surface area contributed by atoms with E-state index in [0.717, 1.165) is 25.9 Å². The van der Waals surface area contributed by atoms with Crippen LogP contribution in [0.1, 0.15) is 25.7 Å². The first-order valence-electron chi connectivity index (χ1n) is 8.68. The molecule has 134 valence electrons. The first-order valence-corrected chi connectivity index (χ1v) is 8.68. The van der Waals surface area contributed by atoms with Crippen LogP contribution in [0.4, 0.5) is 11.4 Å². The molecule has 1 atom stereocenters. The molecule has 0 spiro atoms. The van der Waals surface area contributed by atoms with Gasteiger partial charge in [0.05, 0.1) is 12.5 Å². The third-order valence-electron chi connectivity index (χ3n) is 4.75. The number of hydrogen-bond acceptors (Lipinski definition) is 4. The van der Waals surface area contributed by atoms with Crippen LogP contribution in [0.5, 0.6) is 0 Å². The predicted molar refractivity (Wildman–Crippen MR) is 93.5 cm³/mol. The van der Waals surface area contributed by atoms with Crippen LogP contribution < -0.4 is 10.2 Å². The van der Waals surface area contributed by atoms with Crippen molar-refractivity contribution in [1.82, 2.24) is 4.90 Å². The van der Waals surface area contributed by atoms with Crippen molar-refractivity contribution in [2.45, 2.75) is 25.7 Å². The Kier molecular flexibility index (Phi) is 5.33. The van der Waals surface area contributed by atoms with Gasteiger partial charge in [0.1, 0.15) is 0 Å². The third-order valence-corrected chi connectivity index (χ3v) is 4.75. The lowest BCUT2D eigenvalue weighted by Crippen LogP contribution is -2.36. The molecule has 2 heterocycles. The van der Waals surface area contributed by atoms with Gasteiger partial charge in [-0.2, -0.15) is 0 Å². The predicted octanol–water partition coefficient (Wildman–Crippen LogP) is 1.55. The number of carbonyl (C=O) groups is 3. The number of amides is 2. The van der Waals surface area contributed by atoms with Crippen molar-refractivity contribution in [3.63, 3.8) is 0 Å². The molecule has 7 heteroatoms. The highest BCUT2D eigenvalue weighted by molar-refractivity contribution is 5.99. The summed E-state index contributed by atoms with van der Waals surface area (Å²) in [6.07, 6.45) is 3.55. The van der Waals surface area contributed by atoms with E-state index in [1.54, 1.807) is 24.3 Å². The van der Waals surface area contributed by atoms with E-state index in [1.807, 2.05) is 0 Å². The van der Waals surface area contributed by atoms with Gasteiger partial charge in [-0.1, -0.05) is 6.42 Å². The highest BCUT2D eigenvalue weighted by atomic mass is 16.4. The van der Waals surface area contributed by atoms with Crippen molar-refractivity contribution in [2.24, 2.45) is 5.92 Å². The lowest BCUT2D eigenvalue weighted by molar-refractivity contribution is -0.141. The van der Waals surface area contributed by atoms with E-state index in [2.05, 4.69) is 10.2 Å². The van der Waals surface area contributed by atoms with Gasteiger partial charge in [-0.05, 0) is 50.2 Å². The Morgan fingerprint density at radius 2 is 1.80 bits per heavy atom. The van der Waals surface area contributed by atoms with Crippen LogP contribution in [0.15, 0.2) is 24.3 Å². The van der Waals surface area contributed by atoms with Crippen molar-refractivity contribution < 1.29 is 19.5 Å². The number of nitrogens with one attached hydrogen (secondary N) is 1. The first-order chi connectivity index (χ1) is 12.0. The van der Waals surface area contributed by atoms with Gasteiger partial charge in [-0.25, -0.2) is 0 Å². The van der Waals surface area contributed by atoms with E-state index in [4.69, 9.17) is 5.11 Å². The van der Waals surface area contributed by atoms with E-state index in [-0.39, 0.29) is 24.8 Å². The molecule has 2 fully saturated rings. The lowest BCUT2D eigenvalue weighted by Gasteiger charge is -2.25. The zero-order valence-electron chi connectivity index (χ0n) is 14.1. The second-order valence-corrected chi connectivity index (χ2v) is 6.68. The maximum atomic E-state index is 12.1. The summed E-state index contributed by atoms with van der Waals surface area (Å²) in [7, 11) is 0. The highest BCUT2D eigenvalue weighted by Crippen LogP contribution is 2.26. The molecule has 2 amide bonds. The molecule has 0 aliphatic carbocycles. The Balaban J connectivity index is 1.56. The molecule has 0 unspecified atom stereocenters. The van der Waals surface area contributed by atoms with Gasteiger partial charge in [0.15, 0.2) is 0 Å². The molecule has 2 saturated heterocycles. The molecule has 7 nitrogen and oxygen atoms in total. The van der Waals surface area contributed by atoms with Crippen molar-refractivity contribution in [1.29, 1.82) is 0 Å². The normalized spacial score (nSPS) is 21.4. The van der Waals surface area contributed by atoms with Crippen molar-refractivity contribution >= 4 is 29.2 Å². The number of nitrogens with zero attached hydrogens (tertiary/aromatic N) is 2. The standard InChI is InChI=1S/C18H23N3O4/c22-16(12-20-8-2-1-3-9-20)19-14-4-6-15(7-5-14)21-11-13(18(24)25)10-17(21)23/h4-7,13H,1-3,8-12H2,(H,19,22)(H,24,25)/t13-/m1/s1. The van der Waals surface area contributed by atoms with Crippen LogP contribution in [-0.2, 0) is 14.4 Å². The molecular weight excluding hydrogens is 322 g/mol. The van der Waals surface area contributed by atoms with E-state index >= 15 is 0 Å². The fourth-order valence-electron chi connectivity index (χ4n) is 3.37. The van der Waals surface area contributed by atoms with Crippen LogP contribution in [0.3, 0.4) is 0 Å². The summed E-state index contributed by atoms with van der Waals surface area (Å²) in [6.45, 7) is 2.52. The molecule has 25 heavy (non-hydrogen) atoms. The number of aliphatic carboxylic acids is 1. The molecule has 0 radical (unpaired) electrons. The van der Waals surface area contributed by atoms with E-state index in [9.17, 15) is 14.4 Å². The van der Waals surface area contributed by atoms with E-state index in [1.165, 1.54) is 11.3 Å². The van der Waals surface area contributed by atoms with Crippen molar-refractivity contribution in [2.75, 3.05) is 36.4 Å². The minimum Gasteiger partial charge on any atom is -0.481 e. The van der Waals surface area contributed by atoms with Crippen LogP contribution in [0.25, 0.3) is 0 Å². The van der Waals surface area contributed by atoms with Crippen LogP contribution in [0, 0.1) is 5.92 Å². The van der Waals surface area contributed by atoms with E-state index in [0.29, 0.717) is 17.9 Å². The molecule has 2 N–H and O–H groups in total. The number of hydrogen-bond donors (Lipinski definition) is 2. The molecule has 0 bridgehead atoms. The van der Waals surface area contributed by atoms with Crippen LogP contribution >= 0.6 is 0 Å². The van der Waals surface area contributed by atoms with Gasteiger partial charge in [0, 0.05) is 24.3 Å². The topological polar surface area (TPSA) is 90.0 Å². The molecule has 0 saturated carbocycles. The number of carboxylic acid groups (broad SMARTS) is 1. The number of carboxylic acids is 1. The molecule has 1 aromatic carbocycles. The van der Waals surface area contributed by atoms with Crippen LogP contribution in [-0.4, -0.2) is 54.0 Å². The average molecular weight is 345 g/mol. The lowest BCUT2D eigenvalue weighted by atomic mass is 10.1. The summed E-state index contributed by atoms with van der Waals surface area (Å²) >= 11 is 0. The van der Waals surface area contributed by atoms with Gasteiger partial charge < -0.3 is 15.3 Å². The monoisotopic (exact) mass is 345 g/mol. The van der Waals surface area contributed by atoms with Gasteiger partial charge >= 0.3 is 5.97 Å². The molecule has 1 aromatic rings. The minimum absolute atomic E-state index is 0.0314. The summed E-state index contributed by atoms with van der Waals surface area (Å²) < 4.78 is 0. The average Bonchev–Trinajstić information content (AvgIpc) is 2.98. The molecule has 2 aliphatic rings. The Bertz CT molecular complexity index is 653. The molecule has 3 rings (SSSR count). The quantitative estimate of drug-likeness (QED) is 0.845. The maximum Gasteiger partial charge on any atom is 0.308 e. The Morgan fingerprint density at radius 1 is 1.12 bits per heavy atom.